The first-order valence-electron chi connectivity index (χ1n) is 6.14. The van der Waals surface area contributed by atoms with Crippen molar-refractivity contribution in [2.75, 3.05) is 0 Å². The summed E-state index contributed by atoms with van der Waals surface area (Å²) in [5.41, 5.74) is 2.86. The molecule has 1 nitrogen and oxygen atoms in total. The van der Waals surface area contributed by atoms with Crippen LogP contribution in [-0.2, 0) is 18.4 Å². The predicted molar refractivity (Wildman–Crippen MR) is 68.9 cm³/mol. The maximum absolute atomic E-state index is 13.3. The number of hydrogen-bond acceptors (Lipinski definition) is 1. The highest BCUT2D eigenvalue weighted by molar-refractivity contribution is 5.40. The van der Waals surface area contributed by atoms with Crippen LogP contribution in [0.15, 0.2) is 42.5 Å². The molecule has 0 spiro atoms. The Hall–Kier alpha value is -1.67. The van der Waals surface area contributed by atoms with E-state index in [1.54, 1.807) is 19.1 Å². The molecule has 0 aliphatic heterocycles. The minimum absolute atomic E-state index is 0.224. The van der Waals surface area contributed by atoms with E-state index in [9.17, 15) is 9.50 Å². The first-order chi connectivity index (χ1) is 8.58. The lowest BCUT2D eigenvalue weighted by atomic mass is 9.90. The fourth-order valence-corrected chi connectivity index (χ4v) is 2.73. The number of fused-ring (bicyclic) bond motifs is 1. The molecule has 2 aromatic carbocycles. The Bertz CT molecular complexity index is 579. The molecule has 92 valence electrons. The van der Waals surface area contributed by atoms with Crippen LogP contribution in [0.2, 0.25) is 0 Å². The Kier molecular flexibility index (Phi) is 2.49. The van der Waals surface area contributed by atoms with Gasteiger partial charge in [0, 0.05) is 12.8 Å². The molecule has 1 aliphatic rings. The molecule has 0 saturated heterocycles. The highest BCUT2D eigenvalue weighted by atomic mass is 19.1. The largest absolute Gasteiger partial charge is 0.384 e. The molecule has 0 bridgehead atoms. The number of rotatable bonds is 1. The molecule has 0 fully saturated rings. The maximum Gasteiger partial charge on any atom is 0.126 e. The molecule has 0 aromatic heterocycles. The normalized spacial score (nSPS) is 16.6. The van der Waals surface area contributed by atoms with Crippen LogP contribution in [0.4, 0.5) is 4.39 Å². The fraction of sp³-hybridized carbons (Fsp3) is 0.250. The van der Waals surface area contributed by atoms with Crippen LogP contribution >= 0.6 is 0 Å². The molecule has 1 aliphatic carbocycles. The van der Waals surface area contributed by atoms with Crippen LogP contribution < -0.4 is 0 Å². The Labute approximate surface area is 106 Å². The third kappa shape index (κ3) is 1.73. The van der Waals surface area contributed by atoms with Crippen molar-refractivity contribution < 1.29 is 9.50 Å². The van der Waals surface area contributed by atoms with Gasteiger partial charge in [0.1, 0.15) is 5.82 Å². The summed E-state index contributed by atoms with van der Waals surface area (Å²) in [6, 6.07) is 12.9. The van der Waals surface area contributed by atoms with E-state index in [0.29, 0.717) is 18.4 Å². The van der Waals surface area contributed by atoms with Gasteiger partial charge in [-0.05, 0) is 35.2 Å². The molecule has 0 amide bonds. The minimum Gasteiger partial charge on any atom is -0.384 e. The summed E-state index contributed by atoms with van der Waals surface area (Å²) in [5.74, 6) is -0.224. The second kappa shape index (κ2) is 3.92. The summed E-state index contributed by atoms with van der Waals surface area (Å²) >= 11 is 0. The summed E-state index contributed by atoms with van der Waals surface area (Å²) in [6.45, 7) is 1.73. The lowest BCUT2D eigenvalue weighted by Crippen LogP contribution is -2.26. The molecule has 2 heteroatoms. The van der Waals surface area contributed by atoms with Crippen LogP contribution in [-0.4, -0.2) is 5.11 Å². The molecular formula is C16H15FO. The zero-order valence-corrected chi connectivity index (χ0v) is 10.3. The van der Waals surface area contributed by atoms with Crippen molar-refractivity contribution >= 4 is 0 Å². The van der Waals surface area contributed by atoms with E-state index < -0.39 is 5.60 Å². The van der Waals surface area contributed by atoms with Crippen molar-refractivity contribution in [3.63, 3.8) is 0 Å². The Morgan fingerprint density at radius 3 is 2.22 bits per heavy atom. The molecular weight excluding hydrogens is 227 g/mol. The maximum atomic E-state index is 13.3. The predicted octanol–water partition coefficient (Wildman–Crippen LogP) is 3.12. The SMILES string of the molecule is Cc1cc(C2(O)Cc3ccccc3C2)ccc1F. The quantitative estimate of drug-likeness (QED) is 0.814. The van der Waals surface area contributed by atoms with Gasteiger partial charge in [-0.15, -0.1) is 0 Å². The molecule has 1 N–H and O–H groups in total. The smallest absolute Gasteiger partial charge is 0.126 e. The van der Waals surface area contributed by atoms with Crippen LogP contribution in [0.25, 0.3) is 0 Å². The van der Waals surface area contributed by atoms with Gasteiger partial charge in [-0.25, -0.2) is 4.39 Å². The van der Waals surface area contributed by atoms with Crippen molar-refractivity contribution in [3.8, 4) is 0 Å². The molecule has 3 rings (SSSR count). The van der Waals surface area contributed by atoms with Gasteiger partial charge in [0.15, 0.2) is 0 Å². The zero-order chi connectivity index (χ0) is 12.8. The summed E-state index contributed by atoms with van der Waals surface area (Å²) in [6.07, 6.45) is 1.21. The van der Waals surface area contributed by atoms with Gasteiger partial charge in [0.2, 0.25) is 0 Å². The van der Waals surface area contributed by atoms with Crippen molar-refractivity contribution in [3.05, 3.63) is 70.5 Å². The van der Waals surface area contributed by atoms with Gasteiger partial charge >= 0.3 is 0 Å². The van der Waals surface area contributed by atoms with Gasteiger partial charge in [-0.1, -0.05) is 36.4 Å². The fourth-order valence-electron chi connectivity index (χ4n) is 2.73. The molecule has 0 atom stereocenters. The lowest BCUT2D eigenvalue weighted by molar-refractivity contribution is 0.0481. The summed E-state index contributed by atoms with van der Waals surface area (Å²) < 4.78 is 13.3. The van der Waals surface area contributed by atoms with Gasteiger partial charge in [-0.3, -0.25) is 0 Å². The molecule has 0 radical (unpaired) electrons. The number of hydrogen-bond donors (Lipinski definition) is 1. The monoisotopic (exact) mass is 242 g/mol. The van der Waals surface area contributed by atoms with E-state index in [4.69, 9.17) is 0 Å². The second-order valence-electron chi connectivity index (χ2n) is 5.12. The molecule has 18 heavy (non-hydrogen) atoms. The number of halogens is 1. The highest BCUT2D eigenvalue weighted by Gasteiger charge is 2.36. The average molecular weight is 242 g/mol. The third-order valence-corrected chi connectivity index (χ3v) is 3.78. The van der Waals surface area contributed by atoms with Crippen molar-refractivity contribution in [1.29, 1.82) is 0 Å². The van der Waals surface area contributed by atoms with E-state index in [1.165, 1.54) is 17.2 Å². The van der Waals surface area contributed by atoms with Crippen molar-refractivity contribution in [2.24, 2.45) is 0 Å². The summed E-state index contributed by atoms with van der Waals surface area (Å²) in [7, 11) is 0. The summed E-state index contributed by atoms with van der Waals surface area (Å²) in [5, 5.41) is 10.8. The van der Waals surface area contributed by atoms with Crippen LogP contribution in [0.5, 0.6) is 0 Å². The lowest BCUT2D eigenvalue weighted by Gasteiger charge is -2.23. The first-order valence-corrected chi connectivity index (χ1v) is 6.14. The zero-order valence-electron chi connectivity index (χ0n) is 10.3. The van der Waals surface area contributed by atoms with Crippen molar-refractivity contribution in [1.82, 2.24) is 0 Å². The Balaban J connectivity index is 2.01. The summed E-state index contributed by atoms with van der Waals surface area (Å²) in [4.78, 5) is 0. The average Bonchev–Trinajstić information content (AvgIpc) is 2.70. The van der Waals surface area contributed by atoms with Crippen LogP contribution in [0.3, 0.4) is 0 Å². The van der Waals surface area contributed by atoms with Gasteiger partial charge < -0.3 is 5.11 Å². The van der Waals surface area contributed by atoms with Crippen LogP contribution in [0, 0.1) is 12.7 Å². The van der Waals surface area contributed by atoms with E-state index >= 15 is 0 Å². The second-order valence-corrected chi connectivity index (χ2v) is 5.12. The van der Waals surface area contributed by atoms with E-state index in [0.717, 1.165) is 5.56 Å². The minimum atomic E-state index is -0.887. The van der Waals surface area contributed by atoms with Crippen molar-refractivity contribution in [2.45, 2.75) is 25.4 Å². The Morgan fingerprint density at radius 1 is 1.06 bits per heavy atom. The van der Waals surface area contributed by atoms with Gasteiger partial charge in [-0.2, -0.15) is 0 Å². The Morgan fingerprint density at radius 2 is 1.67 bits per heavy atom. The standard InChI is InChI=1S/C16H15FO/c1-11-8-14(6-7-15(11)17)16(18)9-12-4-2-3-5-13(12)10-16/h2-8,18H,9-10H2,1H3. The molecule has 0 saturated carbocycles. The van der Waals surface area contributed by atoms with Gasteiger partial charge in [0.05, 0.1) is 5.60 Å². The molecule has 2 aromatic rings. The third-order valence-electron chi connectivity index (χ3n) is 3.78. The number of benzene rings is 2. The van der Waals surface area contributed by atoms with E-state index in [-0.39, 0.29) is 5.82 Å². The molecule has 0 unspecified atom stereocenters. The highest BCUT2D eigenvalue weighted by Crippen LogP contribution is 2.37. The van der Waals surface area contributed by atoms with Crippen LogP contribution in [0.1, 0.15) is 22.3 Å². The van der Waals surface area contributed by atoms with E-state index in [2.05, 4.69) is 0 Å². The topological polar surface area (TPSA) is 20.2 Å². The number of aliphatic hydroxyl groups is 1. The molecule has 0 heterocycles. The first kappa shape index (κ1) is 11.4. The van der Waals surface area contributed by atoms with Gasteiger partial charge in [0.25, 0.3) is 0 Å². The number of aryl methyl sites for hydroxylation is 1. The van der Waals surface area contributed by atoms with E-state index in [1.807, 2.05) is 24.3 Å².